The number of benzene rings is 1. The van der Waals surface area contributed by atoms with Crippen molar-refractivity contribution in [3.05, 3.63) is 35.9 Å². The van der Waals surface area contributed by atoms with Gasteiger partial charge in [0.2, 0.25) is 0 Å². The van der Waals surface area contributed by atoms with Crippen LogP contribution in [-0.2, 0) is 20.7 Å². The van der Waals surface area contributed by atoms with Crippen molar-refractivity contribution in [1.29, 1.82) is 0 Å². The van der Waals surface area contributed by atoms with Crippen LogP contribution >= 0.6 is 0 Å². The quantitative estimate of drug-likeness (QED) is 0.456. The highest BCUT2D eigenvalue weighted by Crippen LogP contribution is 2.14. The number of hydrogen-bond donors (Lipinski definition) is 0. The smallest absolute Gasteiger partial charge is 0.317 e. The number of esters is 1. The minimum absolute atomic E-state index is 0.388. The molecular formula is C14H18O3. The van der Waals surface area contributed by atoms with Crippen molar-refractivity contribution in [2.24, 2.45) is 5.92 Å². The van der Waals surface area contributed by atoms with E-state index < -0.39 is 17.5 Å². The summed E-state index contributed by atoms with van der Waals surface area (Å²) in [6.45, 7) is 5.36. The first-order chi connectivity index (χ1) is 7.92. The molecule has 3 nitrogen and oxygen atoms in total. The summed E-state index contributed by atoms with van der Waals surface area (Å²) in [5, 5.41) is 0. The van der Waals surface area contributed by atoms with Crippen molar-refractivity contribution in [2.45, 2.75) is 32.8 Å². The maximum Gasteiger partial charge on any atom is 0.317 e. The topological polar surface area (TPSA) is 43.4 Å². The lowest BCUT2D eigenvalue weighted by Crippen LogP contribution is -2.30. The molecular weight excluding hydrogens is 216 g/mol. The SMILES string of the molecule is CC(C)(C)OC(=O)C(C=O)Cc1ccccc1. The molecule has 1 rings (SSSR count). The second-order valence-corrected chi connectivity index (χ2v) is 4.97. The summed E-state index contributed by atoms with van der Waals surface area (Å²) in [5.41, 5.74) is 0.394. The minimum atomic E-state index is -0.725. The molecule has 1 atom stereocenters. The third kappa shape index (κ3) is 4.81. The predicted octanol–water partition coefficient (Wildman–Crippen LogP) is 2.39. The van der Waals surface area contributed by atoms with Gasteiger partial charge in [0, 0.05) is 0 Å². The summed E-state index contributed by atoms with van der Waals surface area (Å²) in [7, 11) is 0. The molecule has 3 heteroatoms. The molecule has 0 aliphatic rings. The van der Waals surface area contributed by atoms with Crippen LogP contribution in [0.15, 0.2) is 30.3 Å². The molecule has 0 N–H and O–H groups in total. The minimum Gasteiger partial charge on any atom is -0.459 e. The fourth-order valence-corrected chi connectivity index (χ4v) is 1.43. The molecule has 1 aromatic rings. The van der Waals surface area contributed by atoms with E-state index in [4.69, 9.17) is 4.74 Å². The Hall–Kier alpha value is -1.64. The van der Waals surface area contributed by atoms with E-state index in [0.29, 0.717) is 12.7 Å². The molecule has 0 aromatic heterocycles. The summed E-state index contributed by atoms with van der Waals surface area (Å²) in [4.78, 5) is 22.7. The van der Waals surface area contributed by atoms with Crippen LogP contribution in [0, 0.1) is 5.92 Å². The number of hydrogen-bond acceptors (Lipinski definition) is 3. The highest BCUT2D eigenvalue weighted by atomic mass is 16.6. The number of rotatable bonds is 4. The Balaban J connectivity index is 2.66. The van der Waals surface area contributed by atoms with E-state index >= 15 is 0 Å². The lowest BCUT2D eigenvalue weighted by Gasteiger charge is -2.21. The number of carbonyl (C=O) groups is 2. The summed E-state index contributed by atoms with van der Waals surface area (Å²) in [6.07, 6.45) is 1.04. The Kier molecular flexibility index (Phi) is 4.44. The molecule has 0 amide bonds. The maximum atomic E-state index is 11.7. The molecule has 0 heterocycles. The first kappa shape index (κ1) is 13.4. The Morgan fingerprint density at radius 2 is 1.88 bits per heavy atom. The summed E-state index contributed by atoms with van der Waals surface area (Å²) >= 11 is 0. The Morgan fingerprint density at radius 1 is 1.29 bits per heavy atom. The zero-order valence-corrected chi connectivity index (χ0v) is 10.5. The van der Waals surface area contributed by atoms with E-state index in [-0.39, 0.29) is 0 Å². The Bertz CT molecular complexity index is 376. The maximum absolute atomic E-state index is 11.7. The summed E-state index contributed by atoms with van der Waals surface area (Å²) in [6, 6.07) is 9.44. The highest BCUT2D eigenvalue weighted by molar-refractivity contribution is 5.88. The van der Waals surface area contributed by atoms with Gasteiger partial charge in [0.05, 0.1) is 0 Å². The van der Waals surface area contributed by atoms with E-state index in [2.05, 4.69) is 0 Å². The van der Waals surface area contributed by atoms with Crippen molar-refractivity contribution in [1.82, 2.24) is 0 Å². The molecule has 17 heavy (non-hydrogen) atoms. The van der Waals surface area contributed by atoms with Gasteiger partial charge in [-0.1, -0.05) is 30.3 Å². The summed E-state index contributed by atoms with van der Waals surface area (Å²) in [5.74, 6) is -1.19. The van der Waals surface area contributed by atoms with Gasteiger partial charge in [0.1, 0.15) is 17.8 Å². The van der Waals surface area contributed by atoms with Crippen LogP contribution in [0.25, 0.3) is 0 Å². The van der Waals surface area contributed by atoms with Crippen LogP contribution in [-0.4, -0.2) is 17.9 Å². The molecule has 1 aromatic carbocycles. The standard InChI is InChI=1S/C14H18O3/c1-14(2,3)17-13(16)12(10-15)9-11-7-5-4-6-8-11/h4-8,10,12H,9H2,1-3H3. The van der Waals surface area contributed by atoms with Crippen LogP contribution in [0.2, 0.25) is 0 Å². The monoisotopic (exact) mass is 234 g/mol. The lowest BCUT2D eigenvalue weighted by molar-refractivity contribution is -0.160. The molecule has 0 radical (unpaired) electrons. The first-order valence-electron chi connectivity index (χ1n) is 5.64. The molecule has 0 bridgehead atoms. The van der Waals surface area contributed by atoms with Crippen LogP contribution in [0.3, 0.4) is 0 Å². The van der Waals surface area contributed by atoms with Gasteiger partial charge in [-0.05, 0) is 32.8 Å². The van der Waals surface area contributed by atoms with Crippen LogP contribution < -0.4 is 0 Å². The molecule has 0 saturated heterocycles. The Labute approximate surface area is 102 Å². The second kappa shape index (κ2) is 5.62. The number of carbonyl (C=O) groups excluding carboxylic acids is 2. The average Bonchev–Trinajstić information content (AvgIpc) is 2.24. The van der Waals surface area contributed by atoms with Gasteiger partial charge < -0.3 is 9.53 Å². The van der Waals surface area contributed by atoms with Gasteiger partial charge in [0.15, 0.2) is 0 Å². The third-order valence-corrected chi connectivity index (χ3v) is 2.17. The molecule has 0 aliphatic carbocycles. The Morgan fingerprint density at radius 3 is 2.35 bits per heavy atom. The molecule has 0 spiro atoms. The van der Waals surface area contributed by atoms with Crippen LogP contribution in [0.4, 0.5) is 0 Å². The van der Waals surface area contributed by atoms with Crippen molar-refractivity contribution in [2.75, 3.05) is 0 Å². The average molecular weight is 234 g/mol. The van der Waals surface area contributed by atoms with Crippen LogP contribution in [0.1, 0.15) is 26.3 Å². The van der Waals surface area contributed by atoms with E-state index in [0.717, 1.165) is 5.56 Å². The molecule has 92 valence electrons. The largest absolute Gasteiger partial charge is 0.459 e. The summed E-state index contributed by atoms with van der Waals surface area (Å²) < 4.78 is 5.19. The zero-order chi connectivity index (χ0) is 12.9. The van der Waals surface area contributed by atoms with Gasteiger partial charge in [-0.3, -0.25) is 4.79 Å². The number of ether oxygens (including phenoxy) is 1. The first-order valence-corrected chi connectivity index (χ1v) is 5.64. The van der Waals surface area contributed by atoms with Gasteiger partial charge in [0.25, 0.3) is 0 Å². The third-order valence-electron chi connectivity index (χ3n) is 2.17. The molecule has 1 unspecified atom stereocenters. The fraction of sp³-hybridized carbons (Fsp3) is 0.429. The number of aldehydes is 1. The van der Waals surface area contributed by atoms with E-state index in [1.54, 1.807) is 20.8 Å². The van der Waals surface area contributed by atoms with E-state index in [1.165, 1.54) is 0 Å². The van der Waals surface area contributed by atoms with Crippen molar-refractivity contribution in [3.8, 4) is 0 Å². The van der Waals surface area contributed by atoms with Gasteiger partial charge in [-0.2, -0.15) is 0 Å². The second-order valence-electron chi connectivity index (χ2n) is 4.97. The van der Waals surface area contributed by atoms with Gasteiger partial charge in [-0.25, -0.2) is 0 Å². The van der Waals surface area contributed by atoms with E-state index in [9.17, 15) is 9.59 Å². The zero-order valence-electron chi connectivity index (χ0n) is 10.5. The lowest BCUT2D eigenvalue weighted by atomic mass is 10.0. The van der Waals surface area contributed by atoms with Gasteiger partial charge in [-0.15, -0.1) is 0 Å². The molecule has 0 saturated carbocycles. The fourth-order valence-electron chi connectivity index (χ4n) is 1.43. The van der Waals surface area contributed by atoms with Crippen molar-refractivity contribution < 1.29 is 14.3 Å². The highest BCUT2D eigenvalue weighted by Gasteiger charge is 2.24. The van der Waals surface area contributed by atoms with Gasteiger partial charge >= 0.3 is 5.97 Å². The van der Waals surface area contributed by atoms with Crippen molar-refractivity contribution in [3.63, 3.8) is 0 Å². The molecule has 0 aliphatic heterocycles. The van der Waals surface area contributed by atoms with Crippen molar-refractivity contribution >= 4 is 12.3 Å². The van der Waals surface area contributed by atoms with Crippen LogP contribution in [0.5, 0.6) is 0 Å². The molecule has 0 fully saturated rings. The normalized spacial score (nSPS) is 12.9. The van der Waals surface area contributed by atoms with E-state index in [1.807, 2.05) is 30.3 Å². The predicted molar refractivity (Wildman–Crippen MR) is 65.5 cm³/mol.